The molecule has 0 aliphatic rings. The second-order valence-corrected chi connectivity index (χ2v) is 10.6. The zero-order chi connectivity index (χ0) is 23.7. The van der Waals surface area contributed by atoms with Gasteiger partial charge in [-0.1, -0.05) is 48.0 Å². The van der Waals surface area contributed by atoms with Gasteiger partial charge in [0.05, 0.1) is 11.9 Å². The fourth-order valence-electron chi connectivity index (χ4n) is 3.06. The van der Waals surface area contributed by atoms with Crippen molar-refractivity contribution in [2.24, 2.45) is 0 Å². The number of sulfonamides is 1. The molecule has 1 amide bonds. The minimum absolute atomic E-state index is 0.314. The largest absolute Gasteiger partial charge is 0.455 e. The van der Waals surface area contributed by atoms with Crippen LogP contribution >= 0.6 is 11.8 Å². The summed E-state index contributed by atoms with van der Waals surface area (Å²) in [5.74, 6) is 1.42. The van der Waals surface area contributed by atoms with E-state index in [-0.39, 0.29) is 12.5 Å². The number of para-hydroxylation sites is 3. The zero-order valence-electron chi connectivity index (χ0n) is 18.7. The van der Waals surface area contributed by atoms with Crippen molar-refractivity contribution in [1.29, 1.82) is 0 Å². The minimum atomic E-state index is -3.71. The van der Waals surface area contributed by atoms with E-state index in [0.717, 1.165) is 22.7 Å². The molecule has 3 aromatic carbocycles. The van der Waals surface area contributed by atoms with Crippen molar-refractivity contribution < 1.29 is 17.9 Å². The molecule has 0 saturated heterocycles. The number of hydrogen-bond acceptors (Lipinski definition) is 5. The van der Waals surface area contributed by atoms with Gasteiger partial charge in [-0.15, -0.1) is 11.8 Å². The van der Waals surface area contributed by atoms with Gasteiger partial charge in [0.25, 0.3) is 0 Å². The Hall–Kier alpha value is -2.97. The lowest BCUT2D eigenvalue weighted by molar-refractivity contribution is -0.119. The number of aryl methyl sites for hydroxylation is 1. The molecule has 1 N–H and O–H groups in total. The topological polar surface area (TPSA) is 75.7 Å². The Morgan fingerprint density at radius 2 is 1.64 bits per heavy atom. The number of benzene rings is 3. The number of thioether (sulfide) groups is 1. The van der Waals surface area contributed by atoms with Crippen molar-refractivity contribution in [3.8, 4) is 11.5 Å². The number of nitrogens with zero attached hydrogens (tertiary/aromatic N) is 1. The van der Waals surface area contributed by atoms with Gasteiger partial charge in [0.2, 0.25) is 15.9 Å². The van der Waals surface area contributed by atoms with Crippen LogP contribution in [-0.2, 0) is 14.8 Å². The average Bonchev–Trinajstić information content (AvgIpc) is 2.79. The first kappa shape index (κ1) is 24.7. The van der Waals surface area contributed by atoms with E-state index in [4.69, 9.17) is 4.74 Å². The molecule has 33 heavy (non-hydrogen) atoms. The molecule has 0 aromatic heterocycles. The molecule has 3 aromatic rings. The Morgan fingerprint density at radius 1 is 0.970 bits per heavy atom. The van der Waals surface area contributed by atoms with Crippen LogP contribution in [0.2, 0.25) is 0 Å². The molecule has 0 heterocycles. The van der Waals surface area contributed by atoms with Gasteiger partial charge in [-0.2, -0.15) is 0 Å². The molecular weight excluding hydrogens is 456 g/mol. The summed E-state index contributed by atoms with van der Waals surface area (Å²) >= 11 is 1.72. The standard InChI is InChI=1S/C25H28N2O4S2/c1-20-13-15-22(16-14-20)32-18-8-17-26-25(28)19-27(33(2,29)30)23-11-6-7-12-24(23)31-21-9-4-3-5-10-21/h3-7,9-16H,8,17-19H2,1-2H3,(H,26,28). The highest BCUT2D eigenvalue weighted by molar-refractivity contribution is 7.99. The molecule has 0 bridgehead atoms. The number of carbonyl (C=O) groups excluding carboxylic acids is 1. The fraction of sp³-hybridized carbons (Fsp3) is 0.240. The van der Waals surface area contributed by atoms with Crippen LogP contribution in [0, 0.1) is 6.92 Å². The number of amides is 1. The van der Waals surface area contributed by atoms with Crippen LogP contribution in [0.4, 0.5) is 5.69 Å². The maximum Gasteiger partial charge on any atom is 0.240 e. The van der Waals surface area contributed by atoms with Gasteiger partial charge in [-0.3, -0.25) is 9.10 Å². The van der Waals surface area contributed by atoms with Crippen molar-refractivity contribution >= 4 is 33.4 Å². The Bertz CT molecular complexity index is 1150. The van der Waals surface area contributed by atoms with E-state index in [1.807, 2.05) is 18.2 Å². The maximum absolute atomic E-state index is 12.5. The Labute approximate surface area is 200 Å². The molecule has 174 valence electrons. The second-order valence-electron chi connectivity index (χ2n) is 7.52. The number of rotatable bonds is 11. The second kappa shape index (κ2) is 11.8. The summed E-state index contributed by atoms with van der Waals surface area (Å²) in [6, 6.07) is 24.2. The number of carbonyl (C=O) groups is 1. The van der Waals surface area contributed by atoms with Crippen molar-refractivity contribution in [1.82, 2.24) is 5.32 Å². The zero-order valence-corrected chi connectivity index (χ0v) is 20.4. The molecular formula is C25H28N2O4S2. The highest BCUT2D eigenvalue weighted by Crippen LogP contribution is 2.33. The van der Waals surface area contributed by atoms with Gasteiger partial charge in [0.1, 0.15) is 12.3 Å². The quantitative estimate of drug-likeness (QED) is 0.311. The lowest BCUT2D eigenvalue weighted by Gasteiger charge is -2.24. The van der Waals surface area contributed by atoms with E-state index in [9.17, 15) is 13.2 Å². The molecule has 0 unspecified atom stereocenters. The first-order valence-corrected chi connectivity index (χ1v) is 13.4. The highest BCUT2D eigenvalue weighted by Gasteiger charge is 2.24. The highest BCUT2D eigenvalue weighted by atomic mass is 32.2. The Balaban J connectivity index is 1.58. The van der Waals surface area contributed by atoms with E-state index in [0.29, 0.717) is 23.7 Å². The summed E-state index contributed by atoms with van der Waals surface area (Å²) in [6.45, 7) is 2.20. The van der Waals surface area contributed by atoms with Crippen LogP contribution in [-0.4, -0.2) is 39.4 Å². The Morgan fingerprint density at radius 3 is 2.33 bits per heavy atom. The van der Waals surface area contributed by atoms with Crippen LogP contribution in [0.3, 0.4) is 0 Å². The summed E-state index contributed by atoms with van der Waals surface area (Å²) in [5, 5.41) is 2.82. The lowest BCUT2D eigenvalue weighted by atomic mass is 10.2. The third kappa shape index (κ3) is 7.83. The normalized spacial score (nSPS) is 11.1. The molecule has 0 aliphatic carbocycles. The van der Waals surface area contributed by atoms with Crippen LogP contribution < -0.4 is 14.4 Å². The van der Waals surface area contributed by atoms with E-state index in [1.165, 1.54) is 10.5 Å². The molecule has 0 spiro atoms. The predicted molar refractivity (Wildman–Crippen MR) is 135 cm³/mol. The summed E-state index contributed by atoms with van der Waals surface area (Å²) in [6.07, 6.45) is 1.86. The maximum atomic E-state index is 12.5. The van der Waals surface area contributed by atoms with Crippen molar-refractivity contribution in [3.63, 3.8) is 0 Å². The summed E-state index contributed by atoms with van der Waals surface area (Å²) in [5.41, 5.74) is 1.53. The molecule has 8 heteroatoms. The molecule has 0 atom stereocenters. The first-order valence-electron chi connectivity index (χ1n) is 10.6. The molecule has 0 radical (unpaired) electrons. The molecule has 6 nitrogen and oxygen atoms in total. The molecule has 0 fully saturated rings. The monoisotopic (exact) mass is 484 g/mol. The fourth-order valence-corrected chi connectivity index (χ4v) is 4.77. The summed E-state index contributed by atoms with van der Waals surface area (Å²) in [4.78, 5) is 13.7. The third-order valence-corrected chi connectivity index (χ3v) is 6.95. The average molecular weight is 485 g/mol. The van der Waals surface area contributed by atoms with Crippen molar-refractivity contribution in [3.05, 3.63) is 84.4 Å². The van der Waals surface area contributed by atoms with E-state index < -0.39 is 10.0 Å². The third-order valence-electron chi connectivity index (χ3n) is 4.73. The van der Waals surface area contributed by atoms with E-state index >= 15 is 0 Å². The smallest absolute Gasteiger partial charge is 0.240 e. The number of ether oxygens (including phenoxy) is 1. The van der Waals surface area contributed by atoms with Gasteiger partial charge >= 0.3 is 0 Å². The predicted octanol–water partition coefficient (Wildman–Crippen LogP) is 4.85. The van der Waals surface area contributed by atoms with E-state index in [2.05, 4.69) is 36.5 Å². The summed E-state index contributed by atoms with van der Waals surface area (Å²) in [7, 11) is -3.71. The van der Waals surface area contributed by atoms with Crippen LogP contribution in [0.1, 0.15) is 12.0 Å². The number of hydrogen-bond donors (Lipinski definition) is 1. The van der Waals surface area contributed by atoms with Crippen LogP contribution in [0.25, 0.3) is 0 Å². The summed E-state index contributed by atoms with van der Waals surface area (Å²) < 4.78 is 32.0. The van der Waals surface area contributed by atoms with Gasteiger partial charge in [-0.25, -0.2) is 8.42 Å². The van der Waals surface area contributed by atoms with Gasteiger partial charge in [0.15, 0.2) is 5.75 Å². The van der Waals surface area contributed by atoms with E-state index in [1.54, 1.807) is 48.2 Å². The molecule has 0 saturated carbocycles. The van der Waals surface area contributed by atoms with Crippen LogP contribution in [0.15, 0.2) is 83.8 Å². The van der Waals surface area contributed by atoms with Crippen molar-refractivity contribution in [2.75, 3.05) is 29.4 Å². The number of nitrogens with one attached hydrogen (secondary N) is 1. The molecule has 3 rings (SSSR count). The first-order chi connectivity index (χ1) is 15.8. The molecule has 0 aliphatic heterocycles. The van der Waals surface area contributed by atoms with Crippen molar-refractivity contribution in [2.45, 2.75) is 18.2 Å². The van der Waals surface area contributed by atoms with Gasteiger partial charge in [0, 0.05) is 11.4 Å². The lowest BCUT2D eigenvalue weighted by Crippen LogP contribution is -2.40. The van der Waals surface area contributed by atoms with Gasteiger partial charge in [-0.05, 0) is 55.5 Å². The SMILES string of the molecule is Cc1ccc(SCCCNC(=O)CN(c2ccccc2Oc2ccccc2)S(C)(=O)=O)cc1. The Kier molecular flexibility index (Phi) is 8.79. The number of anilines is 1. The van der Waals surface area contributed by atoms with Crippen LogP contribution in [0.5, 0.6) is 11.5 Å². The minimum Gasteiger partial charge on any atom is -0.455 e. The van der Waals surface area contributed by atoms with Gasteiger partial charge < -0.3 is 10.1 Å².